The minimum Gasteiger partial charge on any atom is -0.423 e. The molecule has 0 amide bonds. The first-order chi connectivity index (χ1) is 14.2. The summed E-state index contributed by atoms with van der Waals surface area (Å²) in [5, 5.41) is 5.52. The van der Waals surface area contributed by atoms with Gasteiger partial charge in [-0.25, -0.2) is 4.98 Å². The predicted octanol–water partition coefficient (Wildman–Crippen LogP) is 3.93. The molecule has 0 bridgehead atoms. The fourth-order valence-corrected chi connectivity index (χ4v) is 3.25. The molecule has 0 saturated carbocycles. The largest absolute Gasteiger partial charge is 0.423 e. The summed E-state index contributed by atoms with van der Waals surface area (Å²) in [6.07, 6.45) is 1.62. The van der Waals surface area contributed by atoms with Crippen LogP contribution in [0.15, 0.2) is 77.7 Å². The second-order valence-corrected chi connectivity index (χ2v) is 6.85. The average Bonchev–Trinajstić information content (AvgIpc) is 3.17. The first-order valence-corrected chi connectivity index (χ1v) is 9.28. The lowest BCUT2D eigenvalue weighted by molar-refractivity contribution is 0.443. The van der Waals surface area contributed by atoms with Crippen molar-refractivity contribution in [1.82, 2.24) is 24.1 Å². The van der Waals surface area contributed by atoms with Crippen LogP contribution in [-0.4, -0.2) is 24.1 Å². The van der Waals surface area contributed by atoms with E-state index in [1.54, 1.807) is 35.0 Å². The first kappa shape index (κ1) is 17.4. The van der Waals surface area contributed by atoms with Crippen LogP contribution in [0.5, 0.6) is 11.8 Å². The van der Waals surface area contributed by atoms with Gasteiger partial charge in [-0.05, 0) is 42.0 Å². The third-order valence-electron chi connectivity index (χ3n) is 4.48. The molecule has 2 aromatic carbocycles. The highest BCUT2D eigenvalue weighted by Gasteiger charge is 2.17. The average molecular weight is 404 g/mol. The van der Waals surface area contributed by atoms with Crippen molar-refractivity contribution >= 4 is 28.4 Å². The summed E-state index contributed by atoms with van der Waals surface area (Å²) in [5.41, 5.74) is 1.14. The SMILES string of the molecule is O=c1c2cccnc2n2nc(Oc3ccccc3)nc2n1Cc1ccc(Cl)cc1. The van der Waals surface area contributed by atoms with Gasteiger partial charge in [0.05, 0.1) is 11.9 Å². The molecule has 0 atom stereocenters. The van der Waals surface area contributed by atoms with Gasteiger partial charge in [0.25, 0.3) is 5.56 Å². The number of pyridine rings is 1. The predicted molar refractivity (Wildman–Crippen MR) is 110 cm³/mol. The van der Waals surface area contributed by atoms with Crippen LogP contribution in [0.2, 0.25) is 5.02 Å². The Hall–Kier alpha value is -3.71. The zero-order valence-electron chi connectivity index (χ0n) is 15.1. The summed E-state index contributed by atoms with van der Waals surface area (Å²) in [6, 6.07) is 20.1. The van der Waals surface area contributed by atoms with Gasteiger partial charge in [0.1, 0.15) is 5.75 Å². The van der Waals surface area contributed by atoms with E-state index in [0.29, 0.717) is 34.1 Å². The van der Waals surface area contributed by atoms with Crippen LogP contribution in [0.4, 0.5) is 0 Å². The molecular weight excluding hydrogens is 390 g/mol. The number of benzene rings is 2. The lowest BCUT2D eigenvalue weighted by Gasteiger charge is -2.09. The van der Waals surface area contributed by atoms with E-state index in [-0.39, 0.29) is 11.6 Å². The fourth-order valence-electron chi connectivity index (χ4n) is 3.12. The number of aromatic nitrogens is 5. The highest BCUT2D eigenvalue weighted by Crippen LogP contribution is 2.20. The minimum absolute atomic E-state index is 0.138. The fraction of sp³-hybridized carbons (Fsp3) is 0.0476. The van der Waals surface area contributed by atoms with Crippen molar-refractivity contribution in [1.29, 1.82) is 0 Å². The van der Waals surface area contributed by atoms with Gasteiger partial charge >= 0.3 is 6.01 Å². The van der Waals surface area contributed by atoms with Crippen molar-refractivity contribution in [2.45, 2.75) is 6.54 Å². The number of hydrogen-bond acceptors (Lipinski definition) is 5. The molecule has 8 heteroatoms. The summed E-state index contributed by atoms with van der Waals surface area (Å²) in [7, 11) is 0. The van der Waals surface area contributed by atoms with Gasteiger partial charge in [-0.3, -0.25) is 9.36 Å². The highest BCUT2D eigenvalue weighted by atomic mass is 35.5. The summed E-state index contributed by atoms with van der Waals surface area (Å²) in [5.74, 6) is 0.953. The van der Waals surface area contributed by atoms with Crippen LogP contribution in [0.1, 0.15) is 5.56 Å². The van der Waals surface area contributed by atoms with Crippen molar-refractivity contribution in [2.24, 2.45) is 0 Å². The molecule has 0 aliphatic carbocycles. The van der Waals surface area contributed by atoms with Crippen molar-refractivity contribution in [2.75, 3.05) is 0 Å². The van der Waals surface area contributed by atoms with Gasteiger partial charge in [0.2, 0.25) is 5.78 Å². The molecule has 29 heavy (non-hydrogen) atoms. The molecule has 0 fully saturated rings. The van der Waals surface area contributed by atoms with Gasteiger partial charge in [-0.1, -0.05) is 41.9 Å². The molecule has 0 saturated heterocycles. The Morgan fingerprint density at radius 2 is 1.76 bits per heavy atom. The van der Waals surface area contributed by atoms with Crippen LogP contribution < -0.4 is 10.3 Å². The zero-order chi connectivity index (χ0) is 19.8. The van der Waals surface area contributed by atoms with E-state index in [0.717, 1.165) is 5.56 Å². The molecule has 0 radical (unpaired) electrons. The topological polar surface area (TPSA) is 74.3 Å². The van der Waals surface area contributed by atoms with E-state index < -0.39 is 0 Å². The third kappa shape index (κ3) is 3.21. The van der Waals surface area contributed by atoms with Crippen LogP contribution in [0.3, 0.4) is 0 Å². The Labute approximate surface area is 169 Å². The van der Waals surface area contributed by atoms with Gasteiger partial charge in [-0.2, -0.15) is 9.50 Å². The van der Waals surface area contributed by atoms with Gasteiger partial charge in [0.15, 0.2) is 5.65 Å². The van der Waals surface area contributed by atoms with Gasteiger partial charge < -0.3 is 4.74 Å². The summed E-state index contributed by atoms with van der Waals surface area (Å²) < 4.78 is 8.86. The molecule has 0 aliphatic rings. The number of nitrogens with zero attached hydrogens (tertiary/aromatic N) is 5. The Morgan fingerprint density at radius 1 is 0.966 bits per heavy atom. The smallest absolute Gasteiger partial charge is 0.343 e. The molecular formula is C21H14ClN5O2. The van der Waals surface area contributed by atoms with Crippen LogP contribution in [0.25, 0.3) is 16.8 Å². The second-order valence-electron chi connectivity index (χ2n) is 6.41. The van der Waals surface area contributed by atoms with Gasteiger partial charge in [-0.15, -0.1) is 5.10 Å². The summed E-state index contributed by atoms with van der Waals surface area (Å²) >= 11 is 5.98. The molecule has 7 nitrogen and oxygen atoms in total. The van der Waals surface area contributed by atoms with E-state index in [1.165, 1.54) is 4.52 Å². The van der Waals surface area contributed by atoms with Crippen molar-refractivity contribution in [3.63, 3.8) is 0 Å². The minimum atomic E-state index is -0.200. The molecule has 0 N–H and O–H groups in total. The molecule has 5 aromatic rings. The molecule has 5 rings (SSSR count). The Bertz CT molecular complexity index is 1380. The molecule has 3 heterocycles. The maximum atomic E-state index is 13.2. The molecule has 3 aromatic heterocycles. The third-order valence-corrected chi connectivity index (χ3v) is 4.73. The van der Waals surface area contributed by atoms with E-state index in [9.17, 15) is 4.79 Å². The monoisotopic (exact) mass is 403 g/mol. The number of para-hydroxylation sites is 1. The zero-order valence-corrected chi connectivity index (χ0v) is 15.8. The first-order valence-electron chi connectivity index (χ1n) is 8.91. The number of hydrogen-bond donors (Lipinski definition) is 0. The molecule has 0 unspecified atom stereocenters. The maximum Gasteiger partial charge on any atom is 0.343 e. The van der Waals surface area contributed by atoms with Crippen molar-refractivity contribution in [3.05, 3.63) is 93.9 Å². The Balaban J connectivity index is 1.70. The van der Waals surface area contributed by atoms with Crippen LogP contribution in [-0.2, 0) is 6.54 Å². The van der Waals surface area contributed by atoms with Crippen LogP contribution >= 0.6 is 11.6 Å². The lowest BCUT2D eigenvalue weighted by Crippen LogP contribution is -2.24. The Kier molecular flexibility index (Phi) is 4.22. The normalized spacial score (nSPS) is 11.2. The summed E-state index contributed by atoms with van der Waals surface area (Å²) in [4.78, 5) is 21.9. The van der Waals surface area contributed by atoms with Gasteiger partial charge in [0, 0.05) is 11.2 Å². The second kappa shape index (κ2) is 7.03. The molecule has 0 aliphatic heterocycles. The summed E-state index contributed by atoms with van der Waals surface area (Å²) in [6.45, 7) is 0.313. The number of ether oxygens (including phenoxy) is 1. The van der Waals surface area contributed by atoms with E-state index in [1.807, 2.05) is 42.5 Å². The molecule has 142 valence electrons. The lowest BCUT2D eigenvalue weighted by atomic mass is 10.2. The Morgan fingerprint density at radius 3 is 2.55 bits per heavy atom. The quantitative estimate of drug-likeness (QED) is 0.454. The van der Waals surface area contributed by atoms with E-state index >= 15 is 0 Å². The van der Waals surface area contributed by atoms with Crippen molar-refractivity contribution in [3.8, 4) is 11.8 Å². The number of rotatable bonds is 4. The molecule has 0 spiro atoms. The van der Waals surface area contributed by atoms with E-state index in [2.05, 4.69) is 15.1 Å². The number of fused-ring (bicyclic) bond motifs is 3. The standard InChI is InChI=1S/C21H14ClN5O2/c22-15-10-8-14(9-11-15)13-26-19(28)17-7-4-12-23-18(17)27-21(26)24-20(25-27)29-16-5-2-1-3-6-16/h1-12H,13H2. The highest BCUT2D eigenvalue weighted by molar-refractivity contribution is 6.30. The van der Waals surface area contributed by atoms with Crippen molar-refractivity contribution < 1.29 is 4.74 Å². The maximum absolute atomic E-state index is 13.2. The van der Waals surface area contributed by atoms with E-state index in [4.69, 9.17) is 16.3 Å². The van der Waals surface area contributed by atoms with Crippen LogP contribution in [0, 0.1) is 0 Å². The number of halogens is 1.